The highest BCUT2D eigenvalue weighted by Crippen LogP contribution is 2.48. The van der Waals surface area contributed by atoms with Gasteiger partial charge < -0.3 is 19.8 Å². The lowest BCUT2D eigenvalue weighted by atomic mass is 9.79. The van der Waals surface area contributed by atoms with Gasteiger partial charge in [0.1, 0.15) is 0 Å². The lowest BCUT2D eigenvalue weighted by Crippen LogP contribution is -2.38. The molecule has 2 N–H and O–H groups in total. The molecule has 124 valence electrons. The molecule has 1 aliphatic rings. The molecule has 0 atom stereocenters. The Bertz CT molecular complexity index is 547. The van der Waals surface area contributed by atoms with Crippen molar-refractivity contribution in [3.05, 3.63) is 17.2 Å². The lowest BCUT2D eigenvalue weighted by Gasteiger charge is -2.36. The van der Waals surface area contributed by atoms with Crippen LogP contribution in [0.5, 0.6) is 11.5 Å². The van der Waals surface area contributed by atoms with Gasteiger partial charge in [0.2, 0.25) is 0 Å². The number of phenols is 2. The van der Waals surface area contributed by atoms with E-state index in [9.17, 15) is 10.2 Å². The Morgan fingerprint density at radius 3 is 1.91 bits per heavy atom. The van der Waals surface area contributed by atoms with Gasteiger partial charge in [-0.1, -0.05) is 41.5 Å². The fraction of sp³-hybridized carbons (Fsp3) is 0.667. The minimum Gasteiger partial charge on any atom is -0.504 e. The quantitative estimate of drug-likeness (QED) is 0.779. The number of hydrogen-bond donors (Lipinski definition) is 2. The van der Waals surface area contributed by atoms with E-state index in [4.69, 9.17) is 4.74 Å². The van der Waals surface area contributed by atoms with Gasteiger partial charge in [0.15, 0.2) is 11.5 Å². The van der Waals surface area contributed by atoms with Crippen molar-refractivity contribution < 1.29 is 14.9 Å². The number of ether oxygens (including phenoxy) is 1. The Hall–Kier alpha value is -1.42. The van der Waals surface area contributed by atoms with E-state index >= 15 is 0 Å². The molecule has 0 amide bonds. The number of aromatic hydroxyl groups is 2. The van der Waals surface area contributed by atoms with Crippen molar-refractivity contribution in [3.63, 3.8) is 0 Å². The molecule has 0 saturated carbocycles. The summed E-state index contributed by atoms with van der Waals surface area (Å²) < 4.78 is 5.44. The molecule has 0 unspecified atom stereocenters. The van der Waals surface area contributed by atoms with Crippen molar-refractivity contribution in [2.24, 2.45) is 0 Å². The van der Waals surface area contributed by atoms with Gasteiger partial charge in [0.25, 0.3) is 0 Å². The summed E-state index contributed by atoms with van der Waals surface area (Å²) in [5, 5.41) is 21.2. The fourth-order valence-corrected chi connectivity index (χ4v) is 3.01. The van der Waals surface area contributed by atoms with E-state index in [2.05, 4.69) is 25.7 Å². The van der Waals surface area contributed by atoms with Gasteiger partial charge in [-0.25, -0.2) is 0 Å². The van der Waals surface area contributed by atoms with Crippen LogP contribution in [0.4, 0.5) is 5.69 Å². The van der Waals surface area contributed by atoms with Gasteiger partial charge in [-0.3, -0.25) is 0 Å². The lowest BCUT2D eigenvalue weighted by molar-refractivity contribution is 0.122. The molecular weight excluding hydrogens is 278 g/mol. The third kappa shape index (κ3) is 3.17. The van der Waals surface area contributed by atoms with Gasteiger partial charge in [0, 0.05) is 29.9 Å². The number of morpholine rings is 1. The van der Waals surface area contributed by atoms with E-state index in [1.807, 2.05) is 26.8 Å². The Kier molecular flexibility index (Phi) is 4.35. The highest BCUT2D eigenvalue weighted by Gasteiger charge is 2.32. The molecule has 1 saturated heterocycles. The number of anilines is 1. The topological polar surface area (TPSA) is 52.9 Å². The van der Waals surface area contributed by atoms with Crippen LogP contribution in [0.15, 0.2) is 6.07 Å². The molecule has 1 aromatic carbocycles. The molecule has 0 spiro atoms. The third-order valence-corrected chi connectivity index (χ3v) is 4.16. The zero-order chi connectivity index (χ0) is 16.7. The van der Waals surface area contributed by atoms with Crippen molar-refractivity contribution in [1.29, 1.82) is 0 Å². The molecule has 0 aliphatic carbocycles. The minimum atomic E-state index is -0.258. The van der Waals surface area contributed by atoms with Gasteiger partial charge >= 0.3 is 0 Å². The normalized spacial score (nSPS) is 16.9. The van der Waals surface area contributed by atoms with Crippen LogP contribution >= 0.6 is 0 Å². The molecule has 4 heteroatoms. The number of nitrogens with zero attached hydrogens (tertiary/aromatic N) is 1. The Morgan fingerprint density at radius 1 is 0.909 bits per heavy atom. The van der Waals surface area contributed by atoms with Crippen LogP contribution < -0.4 is 4.90 Å². The van der Waals surface area contributed by atoms with E-state index in [0.717, 1.165) is 29.9 Å². The second-order valence-electron chi connectivity index (χ2n) is 8.11. The highest BCUT2D eigenvalue weighted by atomic mass is 16.5. The van der Waals surface area contributed by atoms with Crippen molar-refractivity contribution in [2.45, 2.75) is 52.4 Å². The third-order valence-electron chi connectivity index (χ3n) is 4.16. The summed E-state index contributed by atoms with van der Waals surface area (Å²) in [7, 11) is 0. The molecule has 0 bridgehead atoms. The smallest absolute Gasteiger partial charge is 0.163 e. The van der Waals surface area contributed by atoms with Crippen molar-refractivity contribution in [3.8, 4) is 11.5 Å². The van der Waals surface area contributed by atoms with Crippen LogP contribution in [0.2, 0.25) is 0 Å². The van der Waals surface area contributed by atoms with Crippen LogP contribution in [-0.2, 0) is 15.6 Å². The Labute approximate surface area is 133 Å². The van der Waals surface area contributed by atoms with Crippen molar-refractivity contribution in [1.82, 2.24) is 0 Å². The van der Waals surface area contributed by atoms with Gasteiger partial charge in [0.05, 0.1) is 13.2 Å². The first kappa shape index (κ1) is 16.9. The van der Waals surface area contributed by atoms with Crippen LogP contribution in [0, 0.1) is 0 Å². The highest BCUT2D eigenvalue weighted by molar-refractivity contribution is 5.69. The number of rotatable bonds is 1. The molecule has 1 fully saturated rings. The first-order valence-electron chi connectivity index (χ1n) is 7.96. The van der Waals surface area contributed by atoms with Gasteiger partial charge in [-0.2, -0.15) is 0 Å². The molecule has 22 heavy (non-hydrogen) atoms. The first-order chi connectivity index (χ1) is 10.0. The second-order valence-corrected chi connectivity index (χ2v) is 8.11. The molecule has 2 rings (SSSR count). The van der Waals surface area contributed by atoms with Crippen LogP contribution in [0.25, 0.3) is 0 Å². The minimum absolute atomic E-state index is 0.00874. The zero-order valence-corrected chi connectivity index (χ0v) is 14.7. The Morgan fingerprint density at radius 2 is 1.45 bits per heavy atom. The molecule has 4 nitrogen and oxygen atoms in total. The average molecular weight is 307 g/mol. The maximum absolute atomic E-state index is 10.7. The first-order valence-corrected chi connectivity index (χ1v) is 7.96. The number of hydrogen-bond acceptors (Lipinski definition) is 4. The molecular formula is C18H29NO3. The predicted molar refractivity (Wildman–Crippen MR) is 90.2 cm³/mol. The fourth-order valence-electron chi connectivity index (χ4n) is 3.01. The summed E-state index contributed by atoms with van der Waals surface area (Å²) >= 11 is 0. The van der Waals surface area contributed by atoms with E-state index in [-0.39, 0.29) is 22.3 Å². The average Bonchev–Trinajstić information content (AvgIpc) is 2.39. The molecule has 0 aromatic heterocycles. The largest absolute Gasteiger partial charge is 0.504 e. The predicted octanol–water partition coefficient (Wildman–Crippen LogP) is 3.53. The monoisotopic (exact) mass is 307 g/mol. The van der Waals surface area contributed by atoms with Crippen molar-refractivity contribution >= 4 is 5.69 Å². The summed E-state index contributed by atoms with van der Waals surface area (Å²) in [4.78, 5) is 2.25. The molecule has 1 aromatic rings. The summed E-state index contributed by atoms with van der Waals surface area (Å²) in [6.45, 7) is 15.3. The SMILES string of the molecule is CC(C)(C)c1cc(N2CCOCC2)c(C(C)(C)C)c(O)c1O. The second kappa shape index (κ2) is 5.65. The summed E-state index contributed by atoms with van der Waals surface area (Å²) in [5.41, 5.74) is 2.10. The van der Waals surface area contributed by atoms with Gasteiger partial charge in [-0.15, -0.1) is 0 Å². The maximum Gasteiger partial charge on any atom is 0.163 e. The van der Waals surface area contributed by atoms with Crippen LogP contribution in [0.3, 0.4) is 0 Å². The van der Waals surface area contributed by atoms with E-state index in [1.54, 1.807) is 0 Å². The summed E-state index contributed by atoms with van der Waals surface area (Å²) in [6, 6.07) is 2.04. The maximum atomic E-state index is 10.7. The Balaban J connectivity index is 2.69. The van der Waals surface area contributed by atoms with E-state index in [1.165, 1.54) is 0 Å². The number of phenolic OH excluding ortho intramolecular Hbond substituents is 2. The molecule has 0 radical (unpaired) electrons. The zero-order valence-electron chi connectivity index (χ0n) is 14.7. The van der Waals surface area contributed by atoms with E-state index < -0.39 is 0 Å². The van der Waals surface area contributed by atoms with Gasteiger partial charge in [-0.05, 0) is 16.9 Å². The van der Waals surface area contributed by atoms with Crippen LogP contribution in [-0.4, -0.2) is 36.5 Å². The van der Waals surface area contributed by atoms with E-state index in [0.29, 0.717) is 13.2 Å². The number of benzene rings is 1. The standard InChI is InChI=1S/C18H29NO3/c1-17(2,3)12-11-13(19-7-9-22-10-8-19)14(18(4,5)6)16(21)15(12)20/h11,20-21H,7-10H2,1-6H3. The van der Waals surface area contributed by atoms with Crippen molar-refractivity contribution in [2.75, 3.05) is 31.2 Å². The molecule has 1 heterocycles. The van der Waals surface area contributed by atoms with Crippen LogP contribution in [0.1, 0.15) is 52.7 Å². The summed E-state index contributed by atoms with van der Waals surface area (Å²) in [6.07, 6.45) is 0. The molecule has 1 aliphatic heterocycles. The summed E-state index contributed by atoms with van der Waals surface area (Å²) in [5.74, 6) is 0.0239.